The Labute approximate surface area is 126 Å². The molecule has 0 aromatic heterocycles. The summed E-state index contributed by atoms with van der Waals surface area (Å²) in [6.45, 7) is 0.682. The van der Waals surface area contributed by atoms with Gasteiger partial charge in [0.15, 0.2) is 0 Å². The SMILES string of the molecule is COC(=O)C1([C@H](C#N)NCCc2ccccc2)CCCC1. The minimum absolute atomic E-state index is 0.251. The van der Waals surface area contributed by atoms with E-state index in [-0.39, 0.29) is 5.97 Å². The number of benzene rings is 1. The van der Waals surface area contributed by atoms with Gasteiger partial charge in [0, 0.05) is 6.54 Å². The van der Waals surface area contributed by atoms with E-state index in [0.29, 0.717) is 6.54 Å². The molecule has 1 fully saturated rings. The van der Waals surface area contributed by atoms with E-state index in [1.807, 2.05) is 18.2 Å². The summed E-state index contributed by atoms with van der Waals surface area (Å²) in [7, 11) is 1.40. The zero-order chi connectivity index (χ0) is 15.1. The second kappa shape index (κ2) is 7.24. The normalized spacial score (nSPS) is 17.9. The molecule has 4 nitrogen and oxygen atoms in total. The molecule has 0 unspecified atom stereocenters. The molecule has 0 radical (unpaired) electrons. The molecule has 1 aromatic rings. The first-order valence-corrected chi connectivity index (χ1v) is 7.48. The summed E-state index contributed by atoms with van der Waals surface area (Å²) in [5.74, 6) is -0.251. The molecule has 2 rings (SSSR count). The number of carbonyl (C=O) groups excluding carboxylic acids is 1. The Morgan fingerprint density at radius 1 is 1.38 bits per heavy atom. The molecule has 112 valence electrons. The lowest BCUT2D eigenvalue weighted by Crippen LogP contribution is -2.49. The largest absolute Gasteiger partial charge is 0.469 e. The van der Waals surface area contributed by atoms with Crippen molar-refractivity contribution >= 4 is 5.97 Å². The number of rotatable bonds is 6. The van der Waals surface area contributed by atoms with Crippen molar-refractivity contribution in [3.8, 4) is 6.07 Å². The van der Waals surface area contributed by atoms with Gasteiger partial charge in [0.25, 0.3) is 0 Å². The average Bonchev–Trinajstić information content (AvgIpc) is 3.02. The molecule has 1 saturated carbocycles. The maximum atomic E-state index is 12.2. The van der Waals surface area contributed by atoms with Crippen LogP contribution in [0.5, 0.6) is 0 Å². The monoisotopic (exact) mass is 286 g/mol. The van der Waals surface area contributed by atoms with Gasteiger partial charge < -0.3 is 10.1 Å². The van der Waals surface area contributed by atoms with Crippen molar-refractivity contribution in [1.29, 1.82) is 5.26 Å². The van der Waals surface area contributed by atoms with Crippen molar-refractivity contribution < 1.29 is 9.53 Å². The van der Waals surface area contributed by atoms with Crippen molar-refractivity contribution in [2.24, 2.45) is 5.41 Å². The Morgan fingerprint density at radius 3 is 2.62 bits per heavy atom. The van der Waals surface area contributed by atoms with E-state index in [4.69, 9.17) is 4.74 Å². The molecule has 1 N–H and O–H groups in total. The predicted molar refractivity (Wildman–Crippen MR) is 80.5 cm³/mol. The van der Waals surface area contributed by atoms with Crippen molar-refractivity contribution in [2.75, 3.05) is 13.7 Å². The van der Waals surface area contributed by atoms with Crippen LogP contribution in [-0.4, -0.2) is 25.7 Å². The van der Waals surface area contributed by atoms with Crippen LogP contribution in [0, 0.1) is 16.7 Å². The summed E-state index contributed by atoms with van der Waals surface area (Å²) in [5, 5.41) is 12.7. The van der Waals surface area contributed by atoms with Gasteiger partial charge in [0.2, 0.25) is 0 Å². The number of methoxy groups -OCH3 is 1. The van der Waals surface area contributed by atoms with E-state index < -0.39 is 11.5 Å². The van der Waals surface area contributed by atoms with Crippen LogP contribution in [-0.2, 0) is 16.0 Å². The van der Waals surface area contributed by atoms with Crippen molar-refractivity contribution in [1.82, 2.24) is 5.32 Å². The van der Waals surface area contributed by atoms with Crippen LogP contribution in [0.4, 0.5) is 0 Å². The summed E-state index contributed by atoms with van der Waals surface area (Å²) in [6, 6.07) is 11.9. The molecule has 0 heterocycles. The highest BCUT2D eigenvalue weighted by atomic mass is 16.5. The van der Waals surface area contributed by atoms with Gasteiger partial charge in [-0.2, -0.15) is 5.26 Å². The summed E-state index contributed by atoms with van der Waals surface area (Å²) in [5.41, 5.74) is 0.556. The summed E-state index contributed by atoms with van der Waals surface area (Å²) in [6.07, 6.45) is 4.27. The van der Waals surface area contributed by atoms with Crippen LogP contribution in [0.25, 0.3) is 0 Å². The van der Waals surface area contributed by atoms with E-state index >= 15 is 0 Å². The molecular formula is C17H22N2O2. The summed E-state index contributed by atoms with van der Waals surface area (Å²) in [4.78, 5) is 12.2. The maximum absolute atomic E-state index is 12.2. The maximum Gasteiger partial charge on any atom is 0.314 e. The Morgan fingerprint density at radius 2 is 2.05 bits per heavy atom. The first kappa shape index (κ1) is 15.5. The molecule has 0 amide bonds. The fraction of sp³-hybridized carbons (Fsp3) is 0.529. The number of hydrogen-bond acceptors (Lipinski definition) is 4. The Bertz CT molecular complexity index is 501. The van der Waals surface area contributed by atoms with E-state index in [9.17, 15) is 10.1 Å². The van der Waals surface area contributed by atoms with Crippen LogP contribution in [0.3, 0.4) is 0 Å². The lowest BCUT2D eigenvalue weighted by atomic mass is 9.79. The molecule has 21 heavy (non-hydrogen) atoms. The molecule has 0 saturated heterocycles. The number of carbonyl (C=O) groups is 1. The van der Waals surface area contributed by atoms with E-state index in [1.54, 1.807) is 0 Å². The third-order valence-electron chi connectivity index (χ3n) is 4.37. The highest BCUT2D eigenvalue weighted by Crippen LogP contribution is 2.42. The standard InChI is InChI=1S/C17H22N2O2/c1-21-16(20)17(10-5-6-11-17)15(13-18)19-12-9-14-7-3-2-4-8-14/h2-4,7-8,15,19H,5-6,9-12H2,1H3/t15-/m0/s1. The lowest BCUT2D eigenvalue weighted by molar-refractivity contribution is -0.153. The molecule has 4 heteroatoms. The lowest BCUT2D eigenvalue weighted by Gasteiger charge is -2.31. The zero-order valence-corrected chi connectivity index (χ0v) is 12.5. The highest BCUT2D eigenvalue weighted by molar-refractivity contribution is 5.78. The minimum atomic E-state index is -0.666. The van der Waals surface area contributed by atoms with Gasteiger partial charge in [-0.15, -0.1) is 0 Å². The van der Waals surface area contributed by atoms with Crippen LogP contribution in [0.1, 0.15) is 31.2 Å². The minimum Gasteiger partial charge on any atom is -0.469 e. The molecule has 0 aliphatic heterocycles. The van der Waals surface area contributed by atoms with E-state index in [0.717, 1.165) is 32.1 Å². The first-order valence-electron chi connectivity index (χ1n) is 7.48. The van der Waals surface area contributed by atoms with Gasteiger partial charge in [-0.1, -0.05) is 43.2 Å². The van der Waals surface area contributed by atoms with Crippen LogP contribution in [0.2, 0.25) is 0 Å². The van der Waals surface area contributed by atoms with Gasteiger partial charge in [-0.05, 0) is 24.8 Å². The molecule has 0 bridgehead atoms. The quantitative estimate of drug-likeness (QED) is 0.816. The molecule has 1 aromatic carbocycles. The summed E-state index contributed by atoms with van der Waals surface area (Å²) >= 11 is 0. The molecule has 1 aliphatic carbocycles. The molecule has 0 spiro atoms. The number of ether oxygens (including phenoxy) is 1. The van der Waals surface area contributed by atoms with Crippen molar-refractivity contribution in [3.63, 3.8) is 0 Å². The van der Waals surface area contributed by atoms with Gasteiger partial charge in [-0.25, -0.2) is 0 Å². The van der Waals surface area contributed by atoms with Gasteiger partial charge in [-0.3, -0.25) is 4.79 Å². The molecule has 1 aliphatic rings. The Balaban J connectivity index is 1.98. The first-order chi connectivity index (χ1) is 10.2. The topological polar surface area (TPSA) is 62.1 Å². The fourth-order valence-electron chi connectivity index (χ4n) is 3.19. The number of esters is 1. The second-order valence-electron chi connectivity index (χ2n) is 5.61. The Hall–Kier alpha value is -1.86. The Kier molecular flexibility index (Phi) is 5.35. The summed E-state index contributed by atoms with van der Waals surface area (Å²) < 4.78 is 4.95. The van der Waals surface area contributed by atoms with Gasteiger partial charge in [0.05, 0.1) is 18.6 Å². The second-order valence-corrected chi connectivity index (χ2v) is 5.61. The number of nitrogens with one attached hydrogen (secondary N) is 1. The van der Waals surface area contributed by atoms with E-state index in [1.165, 1.54) is 12.7 Å². The number of hydrogen-bond donors (Lipinski definition) is 1. The van der Waals surface area contributed by atoms with Crippen LogP contribution < -0.4 is 5.32 Å². The van der Waals surface area contributed by atoms with Crippen LogP contribution >= 0.6 is 0 Å². The van der Waals surface area contributed by atoms with Crippen molar-refractivity contribution in [2.45, 2.75) is 38.1 Å². The fourth-order valence-corrected chi connectivity index (χ4v) is 3.19. The molecular weight excluding hydrogens is 264 g/mol. The average molecular weight is 286 g/mol. The van der Waals surface area contributed by atoms with Crippen LogP contribution in [0.15, 0.2) is 30.3 Å². The predicted octanol–water partition coefficient (Wildman–Crippen LogP) is 2.44. The highest BCUT2D eigenvalue weighted by Gasteiger charge is 2.48. The number of nitrogens with zero attached hydrogens (tertiary/aromatic N) is 1. The van der Waals surface area contributed by atoms with Gasteiger partial charge >= 0.3 is 5.97 Å². The third-order valence-corrected chi connectivity index (χ3v) is 4.37. The molecule has 1 atom stereocenters. The number of nitriles is 1. The van der Waals surface area contributed by atoms with E-state index in [2.05, 4.69) is 23.5 Å². The smallest absolute Gasteiger partial charge is 0.314 e. The third kappa shape index (κ3) is 3.43. The van der Waals surface area contributed by atoms with Gasteiger partial charge in [0.1, 0.15) is 6.04 Å². The van der Waals surface area contributed by atoms with Crippen molar-refractivity contribution in [3.05, 3.63) is 35.9 Å². The zero-order valence-electron chi connectivity index (χ0n) is 12.5.